The number of hydrogen-bond donors (Lipinski definition) is 0. The van der Waals surface area contributed by atoms with Gasteiger partial charge in [-0.05, 0) is 6.92 Å². The quantitative estimate of drug-likeness (QED) is 0.652. The highest BCUT2D eigenvalue weighted by Gasteiger charge is 2.10. The number of oxazole rings is 1. The summed E-state index contributed by atoms with van der Waals surface area (Å²) < 4.78 is 5.51. The van der Waals surface area contributed by atoms with Crippen molar-refractivity contribution in [1.29, 1.82) is 0 Å². The Morgan fingerprint density at radius 3 is 2.36 bits per heavy atom. The molecule has 2 heteroatoms. The lowest BCUT2D eigenvalue weighted by molar-refractivity contribution is 0.442. The molecule has 1 aromatic heterocycles. The van der Waals surface area contributed by atoms with Gasteiger partial charge in [0.2, 0.25) is 0 Å². The maximum absolute atomic E-state index is 5.51. The van der Waals surface area contributed by atoms with Crippen molar-refractivity contribution in [1.82, 2.24) is 4.98 Å². The lowest BCUT2D eigenvalue weighted by atomic mass is 10.1. The topological polar surface area (TPSA) is 26.0 Å². The summed E-state index contributed by atoms with van der Waals surface area (Å²) in [5, 5.41) is 0. The summed E-state index contributed by atoms with van der Waals surface area (Å²) in [6, 6.07) is 0. The molecule has 0 aromatic carbocycles. The second-order valence-corrected chi connectivity index (χ2v) is 3.07. The van der Waals surface area contributed by atoms with Crippen LogP contribution in [-0.2, 0) is 6.42 Å². The third kappa shape index (κ3) is 1.62. The highest BCUT2D eigenvalue weighted by atomic mass is 16.4. The molecular weight excluding hydrogens is 138 g/mol. The molecule has 0 saturated carbocycles. The summed E-state index contributed by atoms with van der Waals surface area (Å²) in [6.45, 7) is 8.28. The predicted molar refractivity (Wildman–Crippen MR) is 44.7 cm³/mol. The zero-order valence-electron chi connectivity index (χ0n) is 7.64. The van der Waals surface area contributed by atoms with Crippen molar-refractivity contribution >= 4 is 0 Å². The molecule has 1 aromatic rings. The van der Waals surface area contributed by atoms with Gasteiger partial charge in [-0.25, -0.2) is 4.98 Å². The first-order chi connectivity index (χ1) is 5.15. The van der Waals surface area contributed by atoms with E-state index in [1.54, 1.807) is 0 Å². The van der Waals surface area contributed by atoms with E-state index < -0.39 is 0 Å². The lowest BCUT2D eigenvalue weighted by Crippen LogP contribution is -1.86. The Balaban J connectivity index is 2.97. The predicted octanol–water partition coefficient (Wildman–Crippen LogP) is 2.67. The van der Waals surface area contributed by atoms with E-state index in [1.165, 1.54) is 0 Å². The molecular formula is C9H15NO. The molecule has 0 amide bonds. The smallest absolute Gasteiger partial charge is 0.194 e. The normalized spacial score (nSPS) is 11.0. The van der Waals surface area contributed by atoms with Gasteiger partial charge in [-0.15, -0.1) is 0 Å². The van der Waals surface area contributed by atoms with Gasteiger partial charge in [-0.1, -0.05) is 20.8 Å². The number of nitrogens with zero attached hydrogens (tertiary/aromatic N) is 1. The molecule has 0 atom stereocenters. The molecule has 1 rings (SSSR count). The first-order valence-electron chi connectivity index (χ1n) is 4.11. The van der Waals surface area contributed by atoms with E-state index >= 15 is 0 Å². The van der Waals surface area contributed by atoms with Crippen molar-refractivity contribution in [2.24, 2.45) is 0 Å². The van der Waals surface area contributed by atoms with Gasteiger partial charge in [0.25, 0.3) is 0 Å². The van der Waals surface area contributed by atoms with Crippen LogP contribution in [-0.4, -0.2) is 4.98 Å². The van der Waals surface area contributed by atoms with Crippen LogP contribution in [0.2, 0.25) is 0 Å². The van der Waals surface area contributed by atoms with Crippen LogP contribution >= 0.6 is 0 Å². The van der Waals surface area contributed by atoms with Crippen LogP contribution in [0.15, 0.2) is 4.42 Å². The number of aromatic nitrogens is 1. The van der Waals surface area contributed by atoms with E-state index in [2.05, 4.69) is 25.8 Å². The van der Waals surface area contributed by atoms with E-state index in [4.69, 9.17) is 4.42 Å². The van der Waals surface area contributed by atoms with E-state index in [9.17, 15) is 0 Å². The molecule has 1 heterocycles. The molecule has 0 unspecified atom stereocenters. The summed E-state index contributed by atoms with van der Waals surface area (Å²) in [6.07, 6.45) is 0.882. The second-order valence-electron chi connectivity index (χ2n) is 3.07. The number of rotatable bonds is 2. The van der Waals surface area contributed by atoms with Crippen LogP contribution in [0.1, 0.15) is 44.0 Å². The van der Waals surface area contributed by atoms with Gasteiger partial charge >= 0.3 is 0 Å². The zero-order chi connectivity index (χ0) is 8.43. The highest BCUT2D eigenvalue weighted by molar-refractivity contribution is 5.11. The van der Waals surface area contributed by atoms with Gasteiger partial charge in [-0.2, -0.15) is 0 Å². The van der Waals surface area contributed by atoms with Gasteiger partial charge in [0.15, 0.2) is 5.89 Å². The second kappa shape index (κ2) is 3.07. The fourth-order valence-corrected chi connectivity index (χ4v) is 1.15. The standard InChI is InChI=1S/C9H15NO/c1-5-8-10-7(4)9(11-8)6(2)3/h6H,5H2,1-4H3. The van der Waals surface area contributed by atoms with Gasteiger partial charge in [0, 0.05) is 12.3 Å². The van der Waals surface area contributed by atoms with Crippen molar-refractivity contribution in [3.8, 4) is 0 Å². The molecule has 0 radical (unpaired) electrons. The van der Waals surface area contributed by atoms with E-state index in [1.807, 2.05) is 6.92 Å². The zero-order valence-corrected chi connectivity index (χ0v) is 7.64. The molecule has 62 valence electrons. The molecule has 11 heavy (non-hydrogen) atoms. The molecule has 0 aliphatic rings. The van der Waals surface area contributed by atoms with Crippen LogP contribution in [0, 0.1) is 6.92 Å². The Labute approximate surface area is 67.6 Å². The van der Waals surface area contributed by atoms with E-state index in [-0.39, 0.29) is 0 Å². The third-order valence-electron chi connectivity index (χ3n) is 1.70. The fourth-order valence-electron chi connectivity index (χ4n) is 1.15. The Morgan fingerprint density at radius 2 is 2.09 bits per heavy atom. The molecule has 0 saturated heterocycles. The summed E-state index contributed by atoms with van der Waals surface area (Å²) >= 11 is 0. The largest absolute Gasteiger partial charge is 0.445 e. The van der Waals surface area contributed by atoms with Gasteiger partial charge in [-0.3, -0.25) is 0 Å². The number of hydrogen-bond acceptors (Lipinski definition) is 2. The van der Waals surface area contributed by atoms with Crippen LogP contribution in [0.25, 0.3) is 0 Å². The van der Waals surface area contributed by atoms with Crippen LogP contribution in [0.4, 0.5) is 0 Å². The molecule has 0 aliphatic heterocycles. The van der Waals surface area contributed by atoms with Crippen molar-refractivity contribution in [2.75, 3.05) is 0 Å². The third-order valence-corrected chi connectivity index (χ3v) is 1.70. The average molecular weight is 153 g/mol. The van der Waals surface area contributed by atoms with Gasteiger partial charge in [0.05, 0.1) is 5.69 Å². The molecule has 0 aliphatic carbocycles. The first-order valence-corrected chi connectivity index (χ1v) is 4.11. The van der Waals surface area contributed by atoms with Crippen molar-refractivity contribution in [2.45, 2.75) is 40.0 Å². The summed E-state index contributed by atoms with van der Waals surface area (Å²) in [7, 11) is 0. The minimum absolute atomic E-state index is 0.447. The highest BCUT2D eigenvalue weighted by Crippen LogP contribution is 2.19. The van der Waals surface area contributed by atoms with Crippen LogP contribution in [0.5, 0.6) is 0 Å². The van der Waals surface area contributed by atoms with E-state index in [0.717, 1.165) is 23.8 Å². The lowest BCUT2D eigenvalue weighted by Gasteiger charge is -1.98. The average Bonchev–Trinajstić information content (AvgIpc) is 2.30. The Bertz CT molecular complexity index is 238. The summed E-state index contributed by atoms with van der Waals surface area (Å²) in [5.41, 5.74) is 1.04. The van der Waals surface area contributed by atoms with Crippen LogP contribution < -0.4 is 0 Å². The van der Waals surface area contributed by atoms with Gasteiger partial charge < -0.3 is 4.42 Å². The minimum atomic E-state index is 0.447. The summed E-state index contributed by atoms with van der Waals surface area (Å²) in [4.78, 5) is 4.28. The Morgan fingerprint density at radius 1 is 1.45 bits per heavy atom. The molecule has 2 nitrogen and oxygen atoms in total. The minimum Gasteiger partial charge on any atom is -0.445 e. The first kappa shape index (κ1) is 8.31. The van der Waals surface area contributed by atoms with Crippen molar-refractivity contribution in [3.63, 3.8) is 0 Å². The SMILES string of the molecule is CCc1nc(C)c(C(C)C)o1. The Hall–Kier alpha value is -0.790. The molecule has 0 spiro atoms. The van der Waals surface area contributed by atoms with Crippen molar-refractivity contribution in [3.05, 3.63) is 17.3 Å². The van der Waals surface area contributed by atoms with Crippen LogP contribution in [0.3, 0.4) is 0 Å². The van der Waals surface area contributed by atoms with Gasteiger partial charge in [0.1, 0.15) is 5.76 Å². The molecule has 0 N–H and O–H groups in total. The Kier molecular flexibility index (Phi) is 2.32. The molecule has 0 fully saturated rings. The molecule has 0 bridgehead atoms. The van der Waals surface area contributed by atoms with E-state index in [0.29, 0.717) is 5.92 Å². The summed E-state index contributed by atoms with van der Waals surface area (Å²) in [5.74, 6) is 2.33. The fraction of sp³-hybridized carbons (Fsp3) is 0.667. The monoisotopic (exact) mass is 153 g/mol. The van der Waals surface area contributed by atoms with Crippen molar-refractivity contribution < 1.29 is 4.42 Å². The maximum Gasteiger partial charge on any atom is 0.194 e. The number of aryl methyl sites for hydroxylation is 2. The maximum atomic E-state index is 5.51.